The Morgan fingerprint density at radius 1 is 0.931 bits per heavy atom. The van der Waals surface area contributed by atoms with Crippen molar-refractivity contribution in [2.75, 3.05) is 14.2 Å². The Labute approximate surface area is 171 Å². The maximum atomic E-state index is 5.47. The van der Waals surface area contributed by atoms with Gasteiger partial charge in [0.1, 0.15) is 11.5 Å². The smallest absolute Gasteiger partial charge is 0.226 e. The van der Waals surface area contributed by atoms with Gasteiger partial charge in [0.05, 0.1) is 20.0 Å². The monoisotopic (exact) mass is 409 g/mol. The van der Waals surface area contributed by atoms with Crippen molar-refractivity contribution in [1.29, 1.82) is 0 Å². The predicted octanol–water partition coefficient (Wildman–Crippen LogP) is 3.94. The van der Waals surface area contributed by atoms with Crippen molar-refractivity contribution in [1.82, 2.24) is 25.0 Å². The van der Waals surface area contributed by atoms with E-state index >= 15 is 0 Å². The number of methoxy groups -OCH3 is 2. The van der Waals surface area contributed by atoms with Crippen molar-refractivity contribution < 1.29 is 13.9 Å². The van der Waals surface area contributed by atoms with Gasteiger partial charge in [0.15, 0.2) is 11.0 Å². The lowest BCUT2D eigenvalue weighted by Crippen LogP contribution is -2.00. The van der Waals surface area contributed by atoms with Crippen LogP contribution in [0.15, 0.2) is 58.1 Å². The molecule has 0 amide bonds. The highest BCUT2D eigenvalue weighted by Gasteiger charge is 2.18. The lowest BCUT2D eigenvalue weighted by atomic mass is 10.2. The molecule has 0 fully saturated rings. The summed E-state index contributed by atoms with van der Waals surface area (Å²) in [6.07, 6.45) is 0. The first kappa shape index (κ1) is 19.0. The molecule has 4 aromatic rings. The number of rotatable bonds is 7. The van der Waals surface area contributed by atoms with Gasteiger partial charge in [-0.05, 0) is 36.4 Å². The minimum absolute atomic E-state index is 0.493. The molecule has 0 bridgehead atoms. The van der Waals surface area contributed by atoms with Crippen LogP contribution in [-0.2, 0) is 5.75 Å². The Balaban J connectivity index is 1.74. The Bertz CT molecular complexity index is 1110. The lowest BCUT2D eigenvalue weighted by molar-refractivity contribution is 0.414. The summed E-state index contributed by atoms with van der Waals surface area (Å²) in [5.41, 5.74) is 1.81. The lowest BCUT2D eigenvalue weighted by Gasteiger charge is -2.11. The average molecular weight is 409 g/mol. The van der Waals surface area contributed by atoms with Gasteiger partial charge in [0.25, 0.3) is 0 Å². The van der Waals surface area contributed by atoms with Crippen molar-refractivity contribution in [2.24, 2.45) is 0 Å². The molecule has 0 N–H and O–H groups in total. The molecule has 8 nitrogen and oxygen atoms in total. The number of ether oxygens (including phenoxy) is 2. The molecule has 148 valence electrons. The van der Waals surface area contributed by atoms with E-state index in [1.54, 1.807) is 21.1 Å². The molecule has 0 saturated carbocycles. The second-order valence-corrected chi connectivity index (χ2v) is 7.02. The molecule has 0 saturated heterocycles. The fourth-order valence-electron chi connectivity index (χ4n) is 2.80. The number of hydrogen-bond donors (Lipinski definition) is 0. The van der Waals surface area contributed by atoms with E-state index in [-0.39, 0.29) is 0 Å². The van der Waals surface area contributed by atoms with Gasteiger partial charge in [0, 0.05) is 18.2 Å². The number of benzene rings is 2. The van der Waals surface area contributed by atoms with E-state index in [1.807, 2.05) is 53.1 Å². The summed E-state index contributed by atoms with van der Waals surface area (Å²) in [5, 5.41) is 17.5. The fraction of sp³-hybridized carbons (Fsp3) is 0.200. The van der Waals surface area contributed by atoms with Crippen LogP contribution in [0.25, 0.3) is 17.1 Å². The molecule has 2 heterocycles. The molecule has 4 rings (SSSR count). The van der Waals surface area contributed by atoms with E-state index < -0.39 is 0 Å². The van der Waals surface area contributed by atoms with Crippen LogP contribution in [0.3, 0.4) is 0 Å². The van der Waals surface area contributed by atoms with E-state index in [1.165, 1.54) is 11.8 Å². The van der Waals surface area contributed by atoms with Crippen LogP contribution in [0.1, 0.15) is 11.8 Å². The van der Waals surface area contributed by atoms with Gasteiger partial charge in [-0.2, -0.15) is 0 Å². The molecule has 0 spiro atoms. The summed E-state index contributed by atoms with van der Waals surface area (Å²) in [7, 11) is 3.28. The largest absolute Gasteiger partial charge is 0.497 e. The van der Waals surface area contributed by atoms with E-state index in [0.29, 0.717) is 28.5 Å². The highest BCUT2D eigenvalue weighted by Crippen LogP contribution is 2.31. The third-order valence-electron chi connectivity index (χ3n) is 4.18. The standard InChI is InChI=1S/C20H19N5O3S/c1-13-21-22-18(28-13)12-29-20-24-23-19(14-5-4-6-17(11-14)27-3)25(20)15-7-9-16(26-2)10-8-15/h4-11H,12H2,1-3H3. The van der Waals surface area contributed by atoms with Crippen LogP contribution in [0.5, 0.6) is 11.5 Å². The second kappa shape index (κ2) is 8.36. The summed E-state index contributed by atoms with van der Waals surface area (Å²) in [6.45, 7) is 1.77. The van der Waals surface area contributed by atoms with Crippen LogP contribution in [0.4, 0.5) is 0 Å². The second-order valence-electron chi connectivity index (χ2n) is 6.08. The van der Waals surface area contributed by atoms with Gasteiger partial charge in [-0.3, -0.25) is 4.57 Å². The summed E-state index contributed by atoms with van der Waals surface area (Å²) in [4.78, 5) is 0. The Morgan fingerprint density at radius 3 is 2.41 bits per heavy atom. The van der Waals surface area contributed by atoms with Crippen molar-refractivity contribution in [3.05, 3.63) is 60.3 Å². The number of aryl methyl sites for hydroxylation is 1. The maximum absolute atomic E-state index is 5.47. The van der Waals surface area contributed by atoms with Gasteiger partial charge < -0.3 is 13.9 Å². The van der Waals surface area contributed by atoms with E-state index in [2.05, 4.69) is 20.4 Å². The Morgan fingerprint density at radius 2 is 1.72 bits per heavy atom. The summed E-state index contributed by atoms with van der Waals surface area (Å²) in [5.74, 6) is 3.81. The third-order valence-corrected chi connectivity index (χ3v) is 5.10. The van der Waals surface area contributed by atoms with Crippen molar-refractivity contribution in [3.8, 4) is 28.6 Å². The number of thioether (sulfide) groups is 1. The zero-order valence-electron chi connectivity index (χ0n) is 16.2. The van der Waals surface area contributed by atoms with Gasteiger partial charge in [0.2, 0.25) is 11.8 Å². The maximum Gasteiger partial charge on any atom is 0.226 e. The first-order valence-corrected chi connectivity index (χ1v) is 9.82. The van der Waals surface area contributed by atoms with E-state index in [9.17, 15) is 0 Å². The first-order chi connectivity index (χ1) is 14.2. The van der Waals surface area contributed by atoms with Crippen LogP contribution >= 0.6 is 11.8 Å². The van der Waals surface area contributed by atoms with Crippen LogP contribution < -0.4 is 9.47 Å². The van der Waals surface area contributed by atoms with Gasteiger partial charge >= 0.3 is 0 Å². The first-order valence-electron chi connectivity index (χ1n) is 8.84. The molecule has 2 aromatic carbocycles. The molecule has 0 aliphatic carbocycles. The molecule has 0 radical (unpaired) electrons. The summed E-state index contributed by atoms with van der Waals surface area (Å²) >= 11 is 1.47. The third kappa shape index (κ3) is 4.09. The summed E-state index contributed by atoms with van der Waals surface area (Å²) in [6, 6.07) is 15.5. The quantitative estimate of drug-likeness (QED) is 0.424. The molecule has 0 aliphatic heterocycles. The molecular weight excluding hydrogens is 390 g/mol. The number of aromatic nitrogens is 5. The normalized spacial score (nSPS) is 10.9. The van der Waals surface area contributed by atoms with Crippen LogP contribution in [-0.4, -0.2) is 39.2 Å². The van der Waals surface area contributed by atoms with Gasteiger partial charge in [-0.15, -0.1) is 20.4 Å². The number of hydrogen-bond acceptors (Lipinski definition) is 8. The zero-order chi connectivity index (χ0) is 20.2. The summed E-state index contributed by atoms with van der Waals surface area (Å²) < 4.78 is 18.1. The van der Waals surface area contributed by atoms with Gasteiger partial charge in [-0.25, -0.2) is 0 Å². The zero-order valence-corrected chi connectivity index (χ0v) is 17.0. The number of nitrogens with zero attached hydrogens (tertiary/aromatic N) is 5. The Hall–Kier alpha value is -3.33. The highest BCUT2D eigenvalue weighted by molar-refractivity contribution is 7.98. The van der Waals surface area contributed by atoms with Crippen molar-refractivity contribution >= 4 is 11.8 Å². The van der Waals surface area contributed by atoms with Crippen LogP contribution in [0, 0.1) is 6.92 Å². The minimum atomic E-state index is 0.493. The molecule has 0 unspecified atom stereocenters. The SMILES string of the molecule is COc1ccc(-n2c(SCc3nnc(C)o3)nnc2-c2cccc(OC)c2)cc1. The molecular formula is C20H19N5O3S. The minimum Gasteiger partial charge on any atom is -0.497 e. The predicted molar refractivity (Wildman–Crippen MR) is 108 cm³/mol. The molecule has 0 aliphatic rings. The molecule has 9 heteroatoms. The van der Waals surface area contributed by atoms with Crippen molar-refractivity contribution in [2.45, 2.75) is 17.8 Å². The van der Waals surface area contributed by atoms with Crippen molar-refractivity contribution in [3.63, 3.8) is 0 Å². The average Bonchev–Trinajstić information content (AvgIpc) is 3.38. The van der Waals surface area contributed by atoms with E-state index in [0.717, 1.165) is 22.7 Å². The van der Waals surface area contributed by atoms with E-state index in [4.69, 9.17) is 13.9 Å². The Kier molecular flexibility index (Phi) is 5.48. The van der Waals surface area contributed by atoms with Gasteiger partial charge in [-0.1, -0.05) is 23.9 Å². The topological polar surface area (TPSA) is 88.1 Å². The molecule has 29 heavy (non-hydrogen) atoms. The highest BCUT2D eigenvalue weighted by atomic mass is 32.2. The van der Waals surface area contributed by atoms with Crippen LogP contribution in [0.2, 0.25) is 0 Å². The molecule has 0 atom stereocenters. The molecule has 2 aromatic heterocycles. The fourth-order valence-corrected chi connectivity index (χ4v) is 3.59.